The number of Topliss-reactive ketones (excluding diaryl/α,β-unsaturated/α-hetero) is 2. The maximum Gasteiger partial charge on any atom is 0.292 e. The Hall–Kier alpha value is -7.79. The van der Waals surface area contributed by atoms with Gasteiger partial charge in [-0.25, -0.2) is 44.6 Å². The largest absolute Gasteiger partial charge is 0.424 e. The van der Waals surface area contributed by atoms with Gasteiger partial charge in [0.1, 0.15) is 23.4 Å². The molecule has 9 rings (SSSR count). The number of ketones is 2. The van der Waals surface area contributed by atoms with E-state index in [9.17, 15) is 14.4 Å². The van der Waals surface area contributed by atoms with E-state index in [1.54, 1.807) is 43.2 Å². The van der Waals surface area contributed by atoms with Crippen molar-refractivity contribution in [3.63, 3.8) is 0 Å². The molecule has 1 aromatic carbocycles. The van der Waals surface area contributed by atoms with E-state index in [2.05, 4.69) is 54.7 Å². The summed E-state index contributed by atoms with van der Waals surface area (Å²) in [5, 5.41) is 5.50. The number of benzene rings is 1. The summed E-state index contributed by atoms with van der Waals surface area (Å²) in [6, 6.07) is 5.60. The standard InChI is InChI=1S/C46H54N18O5/c47-22-30-23-50-44(51-24-30)62-15-17-63(18-16-62)46-54-27-33(28-55-46)36(66)6-4-19-68-20-9-38(67)60-11-13-61(14-12-60)45-52-25-32(26-53-45)35(65)5-2-1-3-10-64-42-39(41(48)56-29-57-42)40(59-64)31-7-8-37-34(21-31)58-43(49)69-37/h7-8,21,23-29H,1-6,9-20,22,47H2,(H2,49,58)(H2,48,56,57). The van der Waals surface area contributed by atoms with E-state index in [4.69, 9.17) is 31.5 Å². The number of carbonyl (C=O) groups excluding carboxylic acids is 3. The maximum atomic E-state index is 13.0. The Morgan fingerprint density at radius 1 is 0.652 bits per heavy atom. The molecule has 0 aliphatic carbocycles. The molecular weight excluding hydrogens is 885 g/mol. The van der Waals surface area contributed by atoms with Crippen molar-refractivity contribution in [2.45, 2.75) is 58.0 Å². The van der Waals surface area contributed by atoms with Gasteiger partial charge in [0.15, 0.2) is 22.8 Å². The molecule has 0 atom stereocenters. The summed E-state index contributed by atoms with van der Waals surface area (Å²) in [7, 11) is 0. The number of nitrogens with zero attached hydrogens (tertiary/aromatic N) is 15. The first-order chi connectivity index (χ1) is 33.7. The van der Waals surface area contributed by atoms with Crippen LogP contribution in [0.1, 0.15) is 71.2 Å². The van der Waals surface area contributed by atoms with Crippen molar-refractivity contribution in [1.29, 1.82) is 0 Å². The minimum atomic E-state index is -0.0548. The summed E-state index contributed by atoms with van der Waals surface area (Å²) in [4.78, 5) is 86.4. The van der Waals surface area contributed by atoms with Gasteiger partial charge in [-0.1, -0.05) is 6.42 Å². The molecule has 69 heavy (non-hydrogen) atoms. The molecule has 358 valence electrons. The number of piperazine rings is 2. The van der Waals surface area contributed by atoms with E-state index in [0.717, 1.165) is 37.1 Å². The van der Waals surface area contributed by atoms with E-state index in [0.29, 0.717) is 147 Å². The van der Waals surface area contributed by atoms with Crippen LogP contribution in [-0.4, -0.2) is 143 Å². The third-order valence-corrected chi connectivity index (χ3v) is 12.3. The van der Waals surface area contributed by atoms with Crippen molar-refractivity contribution >= 4 is 69.3 Å². The molecular formula is C46H54N18O5. The van der Waals surface area contributed by atoms with Crippen molar-refractivity contribution in [1.82, 2.24) is 59.5 Å². The molecule has 0 saturated carbocycles. The predicted molar refractivity (Wildman–Crippen MR) is 256 cm³/mol. The van der Waals surface area contributed by atoms with Crippen molar-refractivity contribution in [2.75, 3.05) is 91.7 Å². The second-order valence-electron chi connectivity index (χ2n) is 16.9. The van der Waals surface area contributed by atoms with E-state index < -0.39 is 0 Å². The molecule has 2 aliphatic heterocycles. The molecule has 23 nitrogen and oxygen atoms in total. The fourth-order valence-electron chi connectivity index (χ4n) is 8.38. The van der Waals surface area contributed by atoms with Crippen LogP contribution in [0.4, 0.5) is 29.7 Å². The monoisotopic (exact) mass is 938 g/mol. The number of oxazole rings is 1. The quantitative estimate of drug-likeness (QED) is 0.0730. The molecule has 6 N–H and O–H groups in total. The molecule has 0 bridgehead atoms. The minimum absolute atomic E-state index is 0.00906. The highest BCUT2D eigenvalue weighted by Crippen LogP contribution is 2.32. The number of ether oxygens (including phenoxy) is 1. The molecule has 2 saturated heterocycles. The smallest absolute Gasteiger partial charge is 0.292 e. The molecule has 23 heteroatoms. The number of hydrogen-bond donors (Lipinski definition) is 3. The van der Waals surface area contributed by atoms with Crippen LogP contribution < -0.4 is 31.9 Å². The topological polar surface area (TPSA) is 298 Å². The number of carbonyl (C=O) groups is 3. The minimum Gasteiger partial charge on any atom is -0.424 e. The van der Waals surface area contributed by atoms with E-state index in [1.165, 1.54) is 6.33 Å². The summed E-state index contributed by atoms with van der Waals surface area (Å²) < 4.78 is 13.0. The first-order valence-corrected chi connectivity index (χ1v) is 23.2. The first kappa shape index (κ1) is 46.3. The van der Waals surface area contributed by atoms with E-state index in [-0.39, 0.29) is 36.5 Å². The lowest BCUT2D eigenvalue weighted by atomic mass is 10.1. The van der Waals surface area contributed by atoms with Crippen LogP contribution in [0, 0.1) is 0 Å². The van der Waals surface area contributed by atoms with Crippen molar-refractivity contribution in [3.8, 4) is 11.3 Å². The highest BCUT2D eigenvalue weighted by Gasteiger charge is 2.24. The molecule has 6 aromatic heterocycles. The normalized spacial score (nSPS) is 14.3. The number of amides is 1. The lowest BCUT2D eigenvalue weighted by Gasteiger charge is -2.34. The van der Waals surface area contributed by atoms with Crippen molar-refractivity contribution < 1.29 is 23.5 Å². The lowest BCUT2D eigenvalue weighted by Crippen LogP contribution is -2.49. The third-order valence-electron chi connectivity index (χ3n) is 12.3. The van der Waals surface area contributed by atoms with Gasteiger partial charge in [-0.05, 0) is 37.5 Å². The number of aryl methyl sites for hydroxylation is 1. The number of unbranched alkanes of at least 4 members (excludes halogenated alkanes) is 2. The number of nitrogen functional groups attached to an aromatic ring is 2. The molecule has 7 aromatic rings. The first-order valence-electron chi connectivity index (χ1n) is 23.2. The van der Waals surface area contributed by atoms with Gasteiger partial charge in [0, 0.05) is 133 Å². The second kappa shape index (κ2) is 21.4. The van der Waals surface area contributed by atoms with Gasteiger partial charge in [0.2, 0.25) is 23.8 Å². The molecule has 0 unspecified atom stereocenters. The summed E-state index contributed by atoms with van der Waals surface area (Å²) in [6.07, 6.45) is 14.9. The average Bonchev–Trinajstić information content (AvgIpc) is 3.97. The molecule has 1 amide bonds. The third kappa shape index (κ3) is 11.0. The Bertz CT molecular complexity index is 2880. The maximum absolute atomic E-state index is 13.0. The zero-order chi connectivity index (χ0) is 47.7. The molecule has 2 fully saturated rings. The van der Waals surface area contributed by atoms with Crippen LogP contribution in [0.2, 0.25) is 0 Å². The van der Waals surface area contributed by atoms with Crippen LogP contribution in [0.15, 0.2) is 66.1 Å². The molecule has 0 radical (unpaired) electrons. The van der Waals surface area contributed by atoms with Crippen LogP contribution in [0.3, 0.4) is 0 Å². The Kier molecular flexibility index (Phi) is 14.4. The van der Waals surface area contributed by atoms with Gasteiger partial charge in [-0.2, -0.15) is 10.1 Å². The van der Waals surface area contributed by atoms with Crippen LogP contribution in [0.25, 0.3) is 33.4 Å². The number of aromatic nitrogens is 11. The van der Waals surface area contributed by atoms with Gasteiger partial charge >= 0.3 is 0 Å². The predicted octanol–water partition coefficient (Wildman–Crippen LogP) is 3.12. The Labute approximate surface area is 396 Å². The molecule has 8 heterocycles. The SMILES string of the molecule is NCc1cnc(N2CCN(c3ncc(C(=O)CCCOCCC(=O)N4CCN(c5ncc(C(=O)CCCCCn6nc(-c7ccc8oc(N)nc8c7)c7c(N)ncnc76)cn5)CC4)cn3)CC2)nc1. The van der Waals surface area contributed by atoms with Crippen LogP contribution >= 0.6 is 0 Å². The summed E-state index contributed by atoms with van der Waals surface area (Å²) in [6.45, 7) is 6.67. The molecule has 0 spiro atoms. The Balaban J connectivity index is 0.635. The van der Waals surface area contributed by atoms with Gasteiger partial charge in [-0.3, -0.25) is 14.4 Å². The summed E-state index contributed by atoms with van der Waals surface area (Å²) in [5.41, 5.74) is 22.7. The zero-order valence-electron chi connectivity index (χ0n) is 38.2. The number of rotatable bonds is 20. The van der Waals surface area contributed by atoms with Gasteiger partial charge in [0.05, 0.1) is 29.5 Å². The number of anilines is 5. The van der Waals surface area contributed by atoms with E-state index in [1.807, 2.05) is 26.6 Å². The average molecular weight is 939 g/mol. The number of nitrogens with two attached hydrogens (primary N) is 3. The van der Waals surface area contributed by atoms with E-state index >= 15 is 0 Å². The highest BCUT2D eigenvalue weighted by atomic mass is 16.5. The van der Waals surface area contributed by atoms with Crippen LogP contribution in [-0.2, 0) is 22.6 Å². The number of fused-ring (bicyclic) bond motifs is 2. The van der Waals surface area contributed by atoms with Crippen molar-refractivity contribution in [3.05, 3.63) is 78.4 Å². The fraction of sp³-hybridized carbons (Fsp3) is 0.413. The van der Waals surface area contributed by atoms with Gasteiger partial charge in [-0.15, -0.1) is 0 Å². The highest BCUT2D eigenvalue weighted by molar-refractivity contribution is 5.99. The second-order valence-corrected chi connectivity index (χ2v) is 16.9. The Morgan fingerprint density at radius 2 is 1.25 bits per heavy atom. The fourth-order valence-corrected chi connectivity index (χ4v) is 8.38. The molecule has 2 aliphatic rings. The zero-order valence-corrected chi connectivity index (χ0v) is 38.2. The lowest BCUT2D eigenvalue weighted by molar-refractivity contribution is -0.132. The number of hydrogen-bond acceptors (Lipinski definition) is 21. The van der Waals surface area contributed by atoms with Gasteiger partial charge < -0.3 is 46.0 Å². The van der Waals surface area contributed by atoms with Crippen LogP contribution in [0.5, 0.6) is 0 Å². The summed E-state index contributed by atoms with van der Waals surface area (Å²) in [5.74, 6) is 2.04. The van der Waals surface area contributed by atoms with Crippen molar-refractivity contribution in [2.24, 2.45) is 5.73 Å². The summed E-state index contributed by atoms with van der Waals surface area (Å²) >= 11 is 0. The van der Waals surface area contributed by atoms with Gasteiger partial charge in [0.25, 0.3) is 6.01 Å². The Morgan fingerprint density at radius 3 is 1.87 bits per heavy atom.